The molecule has 0 aliphatic carbocycles. The summed E-state index contributed by atoms with van der Waals surface area (Å²) in [5.41, 5.74) is 6.26. The number of sulfonamides is 1. The van der Waals surface area contributed by atoms with Crippen molar-refractivity contribution < 1.29 is 17.7 Å². The fraction of sp³-hybridized carbons (Fsp3) is 0.778. The first-order chi connectivity index (χ1) is 12.8. The van der Waals surface area contributed by atoms with Crippen LogP contribution in [0.5, 0.6) is 0 Å². The van der Waals surface area contributed by atoms with Gasteiger partial charge in [0.25, 0.3) is 0 Å². The summed E-state index contributed by atoms with van der Waals surface area (Å²) in [6.07, 6.45) is 3.25. The molecule has 3 atom stereocenters. The molecule has 0 radical (unpaired) electrons. The van der Waals surface area contributed by atoms with E-state index in [0.29, 0.717) is 44.1 Å². The molecule has 2 N–H and O–H groups in total. The molecule has 10 heteroatoms. The maximum atomic E-state index is 13.1. The molecule has 2 aliphatic heterocycles. The van der Waals surface area contributed by atoms with Crippen LogP contribution in [0, 0.1) is 25.7 Å². The molecule has 0 bridgehead atoms. The molecule has 2 saturated heterocycles. The lowest BCUT2D eigenvalue weighted by molar-refractivity contribution is -0.140. The van der Waals surface area contributed by atoms with Gasteiger partial charge in [-0.25, -0.2) is 8.42 Å². The van der Waals surface area contributed by atoms with Gasteiger partial charge in [0, 0.05) is 32.2 Å². The van der Waals surface area contributed by atoms with E-state index in [9.17, 15) is 13.2 Å². The van der Waals surface area contributed by atoms with E-state index in [1.165, 1.54) is 4.31 Å². The van der Waals surface area contributed by atoms with Gasteiger partial charge in [-0.05, 0) is 45.4 Å². The zero-order chi connectivity index (χ0) is 19.8. The quantitative estimate of drug-likeness (QED) is 0.772. The zero-order valence-electron chi connectivity index (χ0n) is 16.8. The van der Waals surface area contributed by atoms with Gasteiger partial charge in [-0.15, -0.1) is 12.4 Å². The van der Waals surface area contributed by atoms with Gasteiger partial charge in [0.2, 0.25) is 15.9 Å². The lowest BCUT2D eigenvalue weighted by Gasteiger charge is -2.41. The third-order valence-electron chi connectivity index (χ3n) is 5.83. The Balaban J connectivity index is 0.00000280. The van der Waals surface area contributed by atoms with Crippen LogP contribution in [0.3, 0.4) is 0 Å². The maximum absolute atomic E-state index is 13.1. The highest BCUT2D eigenvalue weighted by Crippen LogP contribution is 2.30. The summed E-state index contributed by atoms with van der Waals surface area (Å²) in [5, 5.41) is 3.76. The van der Waals surface area contributed by atoms with Gasteiger partial charge in [0.15, 0.2) is 5.76 Å². The van der Waals surface area contributed by atoms with Crippen molar-refractivity contribution in [2.24, 2.45) is 17.6 Å². The summed E-state index contributed by atoms with van der Waals surface area (Å²) >= 11 is 0. The molecule has 1 aromatic rings. The maximum Gasteiger partial charge on any atom is 0.248 e. The summed E-state index contributed by atoms with van der Waals surface area (Å²) in [7, 11) is -3.72. The van der Waals surface area contributed by atoms with Crippen LogP contribution in [0.1, 0.15) is 44.1 Å². The molecule has 3 unspecified atom stereocenters. The number of carbonyl (C=O) groups excluding carboxylic acids is 1. The van der Waals surface area contributed by atoms with E-state index in [1.54, 1.807) is 13.8 Å². The molecule has 2 fully saturated rings. The number of halogens is 1. The smallest absolute Gasteiger partial charge is 0.248 e. The van der Waals surface area contributed by atoms with Crippen LogP contribution < -0.4 is 5.73 Å². The summed E-state index contributed by atoms with van der Waals surface area (Å²) in [4.78, 5) is 15.2. The fourth-order valence-corrected chi connectivity index (χ4v) is 6.15. The minimum absolute atomic E-state index is 0. The number of amides is 1. The number of rotatable bonds is 4. The van der Waals surface area contributed by atoms with Crippen molar-refractivity contribution in [3.8, 4) is 0 Å². The van der Waals surface area contributed by atoms with Crippen LogP contribution in [0.25, 0.3) is 0 Å². The fourth-order valence-electron chi connectivity index (χ4n) is 4.33. The van der Waals surface area contributed by atoms with Crippen LogP contribution in [0.15, 0.2) is 9.42 Å². The van der Waals surface area contributed by atoms with Crippen molar-refractivity contribution in [1.82, 2.24) is 14.4 Å². The minimum Gasteiger partial charge on any atom is -0.360 e. The largest absolute Gasteiger partial charge is 0.360 e. The molecule has 0 aromatic carbocycles. The van der Waals surface area contributed by atoms with Crippen LogP contribution in [0.4, 0.5) is 0 Å². The molecule has 2 aliphatic rings. The lowest BCUT2D eigenvalue weighted by atomic mass is 9.90. The molecule has 160 valence electrons. The van der Waals surface area contributed by atoms with Crippen molar-refractivity contribution in [1.29, 1.82) is 0 Å². The number of hydrogen-bond acceptors (Lipinski definition) is 6. The van der Waals surface area contributed by atoms with Gasteiger partial charge in [0.05, 0.1) is 5.92 Å². The monoisotopic (exact) mass is 434 g/mol. The Hall–Kier alpha value is -1.16. The average molecular weight is 435 g/mol. The molecule has 0 spiro atoms. The molecule has 3 heterocycles. The zero-order valence-corrected chi connectivity index (χ0v) is 18.4. The van der Waals surface area contributed by atoms with Crippen LogP contribution in [0.2, 0.25) is 0 Å². The predicted octanol–water partition coefficient (Wildman–Crippen LogP) is 1.70. The van der Waals surface area contributed by atoms with Gasteiger partial charge >= 0.3 is 0 Å². The number of nitrogens with zero attached hydrogens (tertiary/aromatic N) is 3. The molecule has 8 nitrogen and oxygen atoms in total. The Morgan fingerprint density at radius 1 is 1.29 bits per heavy atom. The SMILES string of the molecule is Cc1noc(C)c1S(=O)(=O)N1CCCC(C(=O)N2CCC(C)CC2CN)C1.Cl. The minimum atomic E-state index is -3.72. The number of hydrogen-bond donors (Lipinski definition) is 1. The Morgan fingerprint density at radius 2 is 2.00 bits per heavy atom. The number of likely N-dealkylation sites (tertiary alicyclic amines) is 1. The van der Waals surface area contributed by atoms with E-state index in [0.717, 1.165) is 12.8 Å². The van der Waals surface area contributed by atoms with Gasteiger partial charge in [-0.3, -0.25) is 4.79 Å². The number of nitrogens with two attached hydrogens (primary N) is 1. The predicted molar refractivity (Wildman–Crippen MR) is 108 cm³/mol. The topological polar surface area (TPSA) is 110 Å². The number of piperidine rings is 2. The molecule has 3 rings (SSSR count). The molecule has 1 amide bonds. The first kappa shape index (κ1) is 23.1. The lowest BCUT2D eigenvalue weighted by Crippen LogP contribution is -2.54. The summed E-state index contributed by atoms with van der Waals surface area (Å²) in [5.74, 6) is 0.562. The average Bonchev–Trinajstić information content (AvgIpc) is 3.00. The van der Waals surface area contributed by atoms with Gasteiger partial charge in [-0.2, -0.15) is 4.31 Å². The molecule has 1 aromatic heterocycles. The molecule has 0 saturated carbocycles. The Morgan fingerprint density at radius 3 is 2.61 bits per heavy atom. The van der Waals surface area contributed by atoms with Crippen molar-refractivity contribution >= 4 is 28.3 Å². The highest BCUT2D eigenvalue weighted by atomic mass is 35.5. The Bertz CT molecular complexity index is 778. The molecular weight excluding hydrogens is 404 g/mol. The van der Waals surface area contributed by atoms with Gasteiger partial charge < -0.3 is 15.2 Å². The second-order valence-corrected chi connectivity index (χ2v) is 9.78. The summed E-state index contributed by atoms with van der Waals surface area (Å²) in [6, 6.07) is 0.0517. The highest BCUT2D eigenvalue weighted by Gasteiger charge is 2.39. The van der Waals surface area contributed by atoms with Crippen LogP contribution >= 0.6 is 12.4 Å². The number of carbonyl (C=O) groups is 1. The van der Waals surface area contributed by atoms with E-state index in [2.05, 4.69) is 12.1 Å². The van der Waals surface area contributed by atoms with Crippen molar-refractivity contribution in [2.45, 2.75) is 57.4 Å². The van der Waals surface area contributed by atoms with E-state index >= 15 is 0 Å². The van der Waals surface area contributed by atoms with E-state index in [1.807, 2.05) is 4.90 Å². The van der Waals surface area contributed by atoms with Gasteiger partial charge in [0.1, 0.15) is 10.6 Å². The second kappa shape index (κ2) is 9.11. The highest BCUT2D eigenvalue weighted by molar-refractivity contribution is 7.89. The van der Waals surface area contributed by atoms with E-state index in [4.69, 9.17) is 10.3 Å². The van der Waals surface area contributed by atoms with Crippen molar-refractivity contribution in [3.63, 3.8) is 0 Å². The van der Waals surface area contributed by atoms with E-state index in [-0.39, 0.29) is 47.5 Å². The standard InChI is InChI=1S/C18H30N4O4S.ClH/c1-12-6-8-22(16(9-12)10-19)18(23)15-5-4-7-21(11-15)27(24,25)17-13(2)20-26-14(17)3;/h12,15-16H,4-11,19H2,1-3H3;1H. The third kappa shape index (κ3) is 4.37. The number of aryl methyl sites for hydroxylation is 2. The first-order valence-corrected chi connectivity index (χ1v) is 11.1. The molecular formula is C18H31ClN4O4S. The molecule has 28 heavy (non-hydrogen) atoms. The van der Waals surface area contributed by atoms with Crippen molar-refractivity contribution in [2.75, 3.05) is 26.2 Å². The second-order valence-electron chi connectivity index (χ2n) is 7.91. The van der Waals surface area contributed by atoms with Crippen LogP contribution in [-0.4, -0.2) is 60.9 Å². The van der Waals surface area contributed by atoms with Crippen LogP contribution in [-0.2, 0) is 14.8 Å². The summed E-state index contributed by atoms with van der Waals surface area (Å²) in [6.45, 7) is 7.17. The Labute approximate surface area is 173 Å². The van der Waals surface area contributed by atoms with E-state index < -0.39 is 10.0 Å². The normalized spacial score (nSPS) is 26.7. The Kier molecular flexibility index (Phi) is 7.52. The third-order valence-corrected chi connectivity index (χ3v) is 7.94. The first-order valence-electron chi connectivity index (χ1n) is 9.69. The number of aromatic nitrogens is 1. The summed E-state index contributed by atoms with van der Waals surface area (Å²) < 4.78 is 32.6. The van der Waals surface area contributed by atoms with Crippen molar-refractivity contribution in [3.05, 3.63) is 11.5 Å². The van der Waals surface area contributed by atoms with Gasteiger partial charge in [-0.1, -0.05) is 12.1 Å².